The van der Waals surface area contributed by atoms with Gasteiger partial charge in [-0.05, 0) is 25.2 Å². The Morgan fingerprint density at radius 2 is 2.20 bits per heavy atom. The number of rotatable bonds is 0. The topological polar surface area (TPSA) is 18.5 Å². The van der Waals surface area contributed by atoms with Crippen LogP contribution in [0.3, 0.4) is 0 Å². The standard InChI is InChI=1S/C8H12O2/c1-2-7-5-3-6(1)10-8(7)9-4-5/h5-8H,1-4H2. The molecule has 3 heterocycles. The van der Waals surface area contributed by atoms with Gasteiger partial charge in [0.05, 0.1) is 12.7 Å². The average molecular weight is 140 g/mol. The van der Waals surface area contributed by atoms with E-state index in [1.165, 1.54) is 19.3 Å². The van der Waals surface area contributed by atoms with E-state index < -0.39 is 0 Å². The predicted molar refractivity (Wildman–Crippen MR) is 35.4 cm³/mol. The Morgan fingerprint density at radius 3 is 2.90 bits per heavy atom. The van der Waals surface area contributed by atoms with Crippen LogP contribution in [0.15, 0.2) is 0 Å². The van der Waals surface area contributed by atoms with Gasteiger partial charge in [-0.2, -0.15) is 0 Å². The highest BCUT2D eigenvalue weighted by Gasteiger charge is 2.48. The molecule has 0 aromatic heterocycles. The first-order chi connectivity index (χ1) is 4.93. The molecule has 4 atom stereocenters. The third-order valence-corrected chi connectivity index (χ3v) is 3.14. The summed E-state index contributed by atoms with van der Waals surface area (Å²) in [6.45, 7) is 0.964. The van der Waals surface area contributed by atoms with Crippen LogP contribution >= 0.6 is 0 Å². The molecule has 0 aromatic rings. The molecule has 4 unspecified atom stereocenters. The lowest BCUT2D eigenvalue weighted by molar-refractivity contribution is -0.201. The van der Waals surface area contributed by atoms with Crippen molar-refractivity contribution < 1.29 is 9.47 Å². The highest BCUT2D eigenvalue weighted by Crippen LogP contribution is 2.46. The van der Waals surface area contributed by atoms with Crippen molar-refractivity contribution in [2.24, 2.45) is 11.8 Å². The molecule has 56 valence electrons. The highest BCUT2D eigenvalue weighted by atomic mass is 16.7. The van der Waals surface area contributed by atoms with E-state index in [0.717, 1.165) is 18.4 Å². The van der Waals surface area contributed by atoms with E-state index in [9.17, 15) is 0 Å². The first-order valence-electron chi connectivity index (χ1n) is 4.20. The van der Waals surface area contributed by atoms with Crippen LogP contribution in [0.5, 0.6) is 0 Å². The molecule has 0 N–H and O–H groups in total. The average Bonchev–Trinajstić information content (AvgIpc) is 2.29. The lowest BCUT2D eigenvalue weighted by Gasteiger charge is -2.39. The third-order valence-electron chi connectivity index (χ3n) is 3.14. The monoisotopic (exact) mass is 140 g/mol. The van der Waals surface area contributed by atoms with E-state index in [-0.39, 0.29) is 6.29 Å². The molecule has 1 saturated carbocycles. The van der Waals surface area contributed by atoms with Gasteiger partial charge in [0.25, 0.3) is 0 Å². The molecule has 4 aliphatic rings. The summed E-state index contributed by atoms with van der Waals surface area (Å²) in [5.74, 6) is 1.60. The summed E-state index contributed by atoms with van der Waals surface area (Å²) in [5, 5.41) is 0. The summed E-state index contributed by atoms with van der Waals surface area (Å²) < 4.78 is 11.1. The lowest BCUT2D eigenvalue weighted by atomic mass is 9.77. The fourth-order valence-corrected chi connectivity index (χ4v) is 2.59. The summed E-state index contributed by atoms with van der Waals surface area (Å²) in [6.07, 6.45) is 4.63. The van der Waals surface area contributed by atoms with Crippen LogP contribution in [0.1, 0.15) is 19.3 Å². The van der Waals surface area contributed by atoms with Gasteiger partial charge in [0.2, 0.25) is 0 Å². The first kappa shape index (κ1) is 5.56. The summed E-state index contributed by atoms with van der Waals surface area (Å²) >= 11 is 0. The van der Waals surface area contributed by atoms with Crippen LogP contribution in [0, 0.1) is 11.8 Å². The summed E-state index contributed by atoms with van der Waals surface area (Å²) in [6, 6.07) is 0. The fourth-order valence-electron chi connectivity index (χ4n) is 2.59. The predicted octanol–water partition coefficient (Wildman–Crippen LogP) is 1.16. The van der Waals surface area contributed by atoms with E-state index in [0.29, 0.717) is 6.10 Å². The molecule has 4 fully saturated rings. The number of hydrogen-bond acceptors (Lipinski definition) is 2. The summed E-state index contributed by atoms with van der Waals surface area (Å²) in [7, 11) is 0. The molecule has 0 radical (unpaired) electrons. The Balaban J connectivity index is 1.94. The SMILES string of the molecule is C1CC2C3COC2OC1C3. The van der Waals surface area contributed by atoms with E-state index in [1.807, 2.05) is 0 Å². The van der Waals surface area contributed by atoms with E-state index in [1.54, 1.807) is 0 Å². The molecule has 10 heavy (non-hydrogen) atoms. The van der Waals surface area contributed by atoms with Crippen LogP contribution in [-0.2, 0) is 9.47 Å². The van der Waals surface area contributed by atoms with Gasteiger partial charge < -0.3 is 9.47 Å². The second kappa shape index (κ2) is 1.74. The molecule has 0 spiro atoms. The molecule has 4 rings (SSSR count). The van der Waals surface area contributed by atoms with Gasteiger partial charge in [-0.25, -0.2) is 0 Å². The Kier molecular flexibility index (Phi) is 0.968. The van der Waals surface area contributed by atoms with Gasteiger partial charge in [0.15, 0.2) is 6.29 Å². The molecule has 0 amide bonds. The fraction of sp³-hybridized carbons (Fsp3) is 1.00. The first-order valence-corrected chi connectivity index (χ1v) is 4.20. The van der Waals surface area contributed by atoms with Crippen LogP contribution in [0.4, 0.5) is 0 Å². The quantitative estimate of drug-likeness (QED) is 0.502. The number of ether oxygens (including phenoxy) is 2. The molecule has 2 nitrogen and oxygen atoms in total. The molecular weight excluding hydrogens is 128 g/mol. The minimum Gasteiger partial charge on any atom is -0.352 e. The molecule has 1 aliphatic carbocycles. The zero-order valence-electron chi connectivity index (χ0n) is 5.95. The second-order valence-corrected chi connectivity index (χ2v) is 3.70. The van der Waals surface area contributed by atoms with Crippen molar-refractivity contribution in [2.75, 3.05) is 6.61 Å². The second-order valence-electron chi connectivity index (χ2n) is 3.70. The van der Waals surface area contributed by atoms with Gasteiger partial charge in [0, 0.05) is 5.92 Å². The van der Waals surface area contributed by atoms with Crippen LogP contribution < -0.4 is 0 Å². The normalized spacial score (nSPS) is 57.6. The van der Waals surface area contributed by atoms with Gasteiger partial charge in [-0.1, -0.05) is 0 Å². The van der Waals surface area contributed by atoms with Crippen molar-refractivity contribution in [1.82, 2.24) is 0 Å². The minimum absolute atomic E-state index is 0.192. The van der Waals surface area contributed by atoms with E-state index in [4.69, 9.17) is 9.47 Å². The minimum atomic E-state index is 0.192. The van der Waals surface area contributed by atoms with E-state index >= 15 is 0 Å². The van der Waals surface area contributed by atoms with Crippen LogP contribution in [0.25, 0.3) is 0 Å². The maximum atomic E-state index is 5.65. The van der Waals surface area contributed by atoms with Crippen molar-refractivity contribution in [3.8, 4) is 0 Å². The Bertz CT molecular complexity index is 143. The molecule has 2 heteroatoms. The smallest absolute Gasteiger partial charge is 0.161 e. The number of fused-ring (bicyclic) bond motifs is 1. The van der Waals surface area contributed by atoms with Crippen LogP contribution in [0.2, 0.25) is 0 Å². The zero-order chi connectivity index (χ0) is 6.55. The van der Waals surface area contributed by atoms with E-state index in [2.05, 4.69) is 0 Å². The van der Waals surface area contributed by atoms with Crippen molar-refractivity contribution in [2.45, 2.75) is 31.7 Å². The number of hydrogen-bond donors (Lipinski definition) is 0. The molecule has 3 aliphatic heterocycles. The third kappa shape index (κ3) is 0.565. The summed E-state index contributed by atoms with van der Waals surface area (Å²) in [4.78, 5) is 0. The molecule has 4 bridgehead atoms. The van der Waals surface area contributed by atoms with Crippen molar-refractivity contribution in [3.05, 3.63) is 0 Å². The molecule has 3 saturated heterocycles. The van der Waals surface area contributed by atoms with Crippen molar-refractivity contribution >= 4 is 0 Å². The Morgan fingerprint density at radius 1 is 1.20 bits per heavy atom. The zero-order valence-corrected chi connectivity index (χ0v) is 5.95. The van der Waals surface area contributed by atoms with Gasteiger partial charge in [-0.15, -0.1) is 0 Å². The van der Waals surface area contributed by atoms with Gasteiger partial charge in [-0.3, -0.25) is 0 Å². The van der Waals surface area contributed by atoms with Crippen molar-refractivity contribution in [3.63, 3.8) is 0 Å². The largest absolute Gasteiger partial charge is 0.352 e. The summed E-state index contributed by atoms with van der Waals surface area (Å²) in [5.41, 5.74) is 0. The molecular formula is C8H12O2. The molecule has 0 aromatic carbocycles. The van der Waals surface area contributed by atoms with Crippen molar-refractivity contribution in [1.29, 1.82) is 0 Å². The highest BCUT2D eigenvalue weighted by molar-refractivity contribution is 4.91. The Hall–Kier alpha value is -0.0800. The lowest BCUT2D eigenvalue weighted by Crippen LogP contribution is -2.41. The Labute approximate surface area is 60.5 Å². The van der Waals surface area contributed by atoms with Crippen LogP contribution in [-0.4, -0.2) is 19.0 Å². The van der Waals surface area contributed by atoms with Gasteiger partial charge in [0.1, 0.15) is 0 Å². The maximum Gasteiger partial charge on any atom is 0.161 e. The maximum absolute atomic E-state index is 5.65. The van der Waals surface area contributed by atoms with Gasteiger partial charge >= 0.3 is 0 Å².